The van der Waals surface area contributed by atoms with Crippen molar-refractivity contribution in [2.75, 3.05) is 23.7 Å². The zero-order chi connectivity index (χ0) is 23.8. The van der Waals surface area contributed by atoms with Crippen LogP contribution in [-0.4, -0.2) is 45.5 Å². The van der Waals surface area contributed by atoms with Crippen LogP contribution >= 0.6 is 0 Å². The fourth-order valence-electron chi connectivity index (χ4n) is 3.25. The Balaban J connectivity index is 1.74. The molecule has 0 atom stereocenters. The second-order valence-corrected chi connectivity index (χ2v) is 7.23. The van der Waals surface area contributed by atoms with Gasteiger partial charge < -0.3 is 15.5 Å². The molecule has 1 aromatic heterocycles. The van der Waals surface area contributed by atoms with Gasteiger partial charge in [0.1, 0.15) is 17.2 Å². The number of amides is 3. The monoisotopic (exact) mass is 451 g/mol. The normalized spacial score (nSPS) is 10.5. The maximum absolute atomic E-state index is 13.0. The average Bonchev–Trinajstić information content (AvgIpc) is 3.24. The van der Waals surface area contributed by atoms with Crippen molar-refractivity contribution in [3.8, 4) is 5.69 Å². The van der Waals surface area contributed by atoms with Crippen LogP contribution in [0, 0.1) is 5.82 Å². The van der Waals surface area contributed by atoms with Crippen molar-refractivity contribution < 1.29 is 18.8 Å². The van der Waals surface area contributed by atoms with E-state index in [1.807, 2.05) is 44.2 Å². The summed E-state index contributed by atoms with van der Waals surface area (Å²) in [6.45, 7) is 4.79. The minimum atomic E-state index is -0.435. The lowest BCUT2D eigenvalue weighted by Gasteiger charge is -2.19. The second kappa shape index (κ2) is 11.0. The third-order valence-corrected chi connectivity index (χ3v) is 5.02. The van der Waals surface area contributed by atoms with E-state index in [0.717, 1.165) is 0 Å². The molecule has 2 aromatic carbocycles. The van der Waals surface area contributed by atoms with Crippen LogP contribution in [0.2, 0.25) is 0 Å². The van der Waals surface area contributed by atoms with Crippen molar-refractivity contribution in [3.63, 3.8) is 0 Å². The van der Waals surface area contributed by atoms with E-state index in [9.17, 15) is 18.8 Å². The number of nitrogens with one attached hydrogen (secondary N) is 2. The smallest absolute Gasteiger partial charge is 0.259 e. The van der Waals surface area contributed by atoms with Crippen LogP contribution in [0.15, 0.2) is 60.8 Å². The molecular weight excluding hydrogens is 425 g/mol. The first kappa shape index (κ1) is 23.6. The van der Waals surface area contributed by atoms with E-state index in [1.165, 1.54) is 35.1 Å². The molecule has 3 aromatic rings. The quantitative estimate of drug-likeness (QED) is 0.517. The van der Waals surface area contributed by atoms with Crippen molar-refractivity contribution >= 4 is 29.2 Å². The van der Waals surface area contributed by atoms with E-state index in [-0.39, 0.29) is 36.0 Å². The first-order valence-corrected chi connectivity index (χ1v) is 10.7. The van der Waals surface area contributed by atoms with Gasteiger partial charge in [-0.1, -0.05) is 18.2 Å². The molecule has 2 N–H and O–H groups in total. The Morgan fingerprint density at radius 1 is 0.909 bits per heavy atom. The van der Waals surface area contributed by atoms with Crippen LogP contribution in [0.4, 0.5) is 15.9 Å². The maximum Gasteiger partial charge on any atom is 0.259 e. The zero-order valence-corrected chi connectivity index (χ0v) is 18.5. The second-order valence-electron chi connectivity index (χ2n) is 7.23. The fraction of sp³-hybridized carbons (Fsp3) is 0.250. The first-order chi connectivity index (χ1) is 15.9. The van der Waals surface area contributed by atoms with Gasteiger partial charge in [-0.05, 0) is 50.2 Å². The van der Waals surface area contributed by atoms with Gasteiger partial charge in [-0.3, -0.25) is 14.4 Å². The van der Waals surface area contributed by atoms with Gasteiger partial charge in [-0.25, -0.2) is 9.07 Å². The average molecular weight is 452 g/mol. The number of benzene rings is 2. The van der Waals surface area contributed by atoms with Crippen LogP contribution < -0.4 is 10.6 Å². The van der Waals surface area contributed by atoms with Crippen LogP contribution in [0.1, 0.15) is 37.0 Å². The first-order valence-electron chi connectivity index (χ1n) is 10.7. The molecule has 172 valence electrons. The molecule has 3 rings (SSSR count). The molecule has 0 aliphatic carbocycles. The van der Waals surface area contributed by atoms with Crippen molar-refractivity contribution in [2.45, 2.75) is 26.7 Å². The van der Waals surface area contributed by atoms with Crippen molar-refractivity contribution in [1.29, 1.82) is 0 Å². The Morgan fingerprint density at radius 2 is 1.52 bits per heavy atom. The number of anilines is 2. The highest BCUT2D eigenvalue weighted by Gasteiger charge is 2.23. The molecule has 0 saturated carbocycles. The number of carbonyl (C=O) groups excluding carboxylic acids is 3. The summed E-state index contributed by atoms with van der Waals surface area (Å²) < 4.78 is 14.5. The Kier molecular flexibility index (Phi) is 7.91. The number of halogens is 1. The van der Waals surface area contributed by atoms with Crippen LogP contribution in [0.3, 0.4) is 0 Å². The van der Waals surface area contributed by atoms with Gasteiger partial charge in [0, 0.05) is 31.6 Å². The van der Waals surface area contributed by atoms with Gasteiger partial charge >= 0.3 is 0 Å². The Bertz CT molecular complexity index is 1110. The lowest BCUT2D eigenvalue weighted by atomic mass is 10.2. The number of rotatable bonds is 9. The summed E-state index contributed by atoms with van der Waals surface area (Å²) in [5.41, 5.74) is 1.39. The largest absolute Gasteiger partial charge is 0.339 e. The number of nitrogens with zero attached hydrogens (tertiary/aromatic N) is 3. The molecule has 9 heteroatoms. The van der Waals surface area contributed by atoms with E-state index in [4.69, 9.17) is 0 Å². The molecule has 1 heterocycles. The molecule has 0 spiro atoms. The molecule has 0 aliphatic heterocycles. The van der Waals surface area contributed by atoms with Gasteiger partial charge in [0.05, 0.1) is 11.9 Å². The minimum absolute atomic E-state index is 0.0813. The SMILES string of the molecule is CCN(CC)C(=O)c1cnn(-c2ccccc2)c1NC(=O)CCC(=O)Nc1ccc(F)cc1. The van der Waals surface area contributed by atoms with Gasteiger partial charge in [-0.2, -0.15) is 5.10 Å². The Labute approximate surface area is 191 Å². The predicted octanol–water partition coefficient (Wildman–Crippen LogP) is 3.85. The third kappa shape index (κ3) is 6.03. The van der Waals surface area contributed by atoms with Crippen molar-refractivity contribution in [1.82, 2.24) is 14.7 Å². The van der Waals surface area contributed by atoms with E-state index in [0.29, 0.717) is 24.5 Å². The topological polar surface area (TPSA) is 96.3 Å². The molecule has 8 nitrogen and oxygen atoms in total. The number of hydrogen-bond donors (Lipinski definition) is 2. The molecule has 0 radical (unpaired) electrons. The third-order valence-electron chi connectivity index (χ3n) is 5.02. The number of aromatic nitrogens is 2. The minimum Gasteiger partial charge on any atom is -0.339 e. The summed E-state index contributed by atoms with van der Waals surface area (Å²) in [5, 5.41) is 9.68. The standard InChI is InChI=1S/C24H26FN5O3/c1-3-29(4-2)24(33)20-16-26-30(19-8-6-5-7-9-19)23(20)28-22(32)15-14-21(31)27-18-12-10-17(25)11-13-18/h5-13,16H,3-4,14-15H2,1-2H3,(H,27,31)(H,28,32). The summed E-state index contributed by atoms with van der Waals surface area (Å²) in [5.74, 6) is -1.21. The van der Waals surface area contributed by atoms with Crippen LogP contribution in [0.5, 0.6) is 0 Å². The number of para-hydroxylation sites is 1. The molecule has 0 bridgehead atoms. The molecular formula is C24H26FN5O3. The van der Waals surface area contributed by atoms with E-state index in [1.54, 1.807) is 4.90 Å². The maximum atomic E-state index is 13.0. The van der Waals surface area contributed by atoms with Crippen molar-refractivity contribution in [2.24, 2.45) is 0 Å². The Hall–Kier alpha value is -4.01. The lowest BCUT2D eigenvalue weighted by Crippen LogP contribution is -2.31. The highest BCUT2D eigenvalue weighted by Crippen LogP contribution is 2.22. The molecule has 0 aliphatic rings. The van der Waals surface area contributed by atoms with E-state index >= 15 is 0 Å². The predicted molar refractivity (Wildman–Crippen MR) is 124 cm³/mol. The summed E-state index contributed by atoms with van der Waals surface area (Å²) >= 11 is 0. The Morgan fingerprint density at radius 3 is 2.12 bits per heavy atom. The molecule has 0 fully saturated rings. The van der Waals surface area contributed by atoms with Crippen LogP contribution in [0.25, 0.3) is 5.69 Å². The van der Waals surface area contributed by atoms with Gasteiger partial charge in [0.2, 0.25) is 11.8 Å². The molecule has 33 heavy (non-hydrogen) atoms. The number of hydrogen-bond acceptors (Lipinski definition) is 4. The highest BCUT2D eigenvalue weighted by molar-refractivity contribution is 6.04. The summed E-state index contributed by atoms with van der Waals surface area (Å²) in [4.78, 5) is 39.5. The van der Waals surface area contributed by atoms with Gasteiger partial charge in [0.25, 0.3) is 5.91 Å². The van der Waals surface area contributed by atoms with Gasteiger partial charge in [-0.15, -0.1) is 0 Å². The van der Waals surface area contributed by atoms with Crippen LogP contribution in [-0.2, 0) is 9.59 Å². The lowest BCUT2D eigenvalue weighted by molar-refractivity contribution is -0.121. The zero-order valence-electron chi connectivity index (χ0n) is 18.5. The summed E-state index contributed by atoms with van der Waals surface area (Å²) in [6, 6.07) is 14.5. The molecule has 0 saturated heterocycles. The molecule has 0 unspecified atom stereocenters. The van der Waals surface area contributed by atoms with Crippen molar-refractivity contribution in [3.05, 3.63) is 72.2 Å². The summed E-state index contributed by atoms with van der Waals surface area (Å²) in [7, 11) is 0. The molecule has 3 amide bonds. The highest BCUT2D eigenvalue weighted by atomic mass is 19.1. The van der Waals surface area contributed by atoms with E-state index in [2.05, 4.69) is 15.7 Å². The summed E-state index contributed by atoms with van der Waals surface area (Å²) in [6.07, 6.45) is 1.25. The number of carbonyl (C=O) groups is 3. The van der Waals surface area contributed by atoms with E-state index < -0.39 is 11.7 Å². The van der Waals surface area contributed by atoms with Gasteiger partial charge in [0.15, 0.2) is 0 Å². The fourth-order valence-corrected chi connectivity index (χ4v) is 3.25.